The molecule has 4 nitrogen and oxygen atoms in total. The summed E-state index contributed by atoms with van der Waals surface area (Å²) in [5.41, 5.74) is 1.71. The Morgan fingerprint density at radius 2 is 2.05 bits per heavy atom. The number of ether oxygens (including phenoxy) is 1. The number of carbonyl (C=O) groups excluding carboxylic acids is 1. The number of carbonyl (C=O) groups is 1. The molecule has 0 fully saturated rings. The summed E-state index contributed by atoms with van der Waals surface area (Å²) in [7, 11) is 3.56. The van der Waals surface area contributed by atoms with Crippen molar-refractivity contribution < 1.29 is 9.53 Å². The number of hydrogen-bond acceptors (Lipinski definition) is 5. The molecule has 0 aliphatic carbocycles. The van der Waals surface area contributed by atoms with Crippen LogP contribution in [-0.2, 0) is 6.54 Å². The number of aryl methyl sites for hydroxylation is 1. The van der Waals surface area contributed by atoms with Crippen molar-refractivity contribution in [3.8, 4) is 5.75 Å². The first-order valence-corrected chi connectivity index (χ1v) is 7.68. The fourth-order valence-electron chi connectivity index (χ4n) is 2.07. The molecule has 0 saturated heterocycles. The molecule has 1 aromatic carbocycles. The maximum Gasteiger partial charge on any atom is 0.179 e. The number of ketones is 1. The molecule has 1 atom stereocenters. The van der Waals surface area contributed by atoms with Gasteiger partial charge in [-0.25, -0.2) is 4.98 Å². The van der Waals surface area contributed by atoms with E-state index in [0.29, 0.717) is 12.1 Å². The van der Waals surface area contributed by atoms with Gasteiger partial charge in [0.25, 0.3) is 0 Å². The third kappa shape index (κ3) is 3.89. The van der Waals surface area contributed by atoms with E-state index >= 15 is 0 Å². The third-order valence-corrected chi connectivity index (χ3v) is 4.32. The lowest BCUT2D eigenvalue weighted by molar-refractivity contribution is 0.0861. The summed E-state index contributed by atoms with van der Waals surface area (Å²) in [6.07, 6.45) is 0. The Hall–Kier alpha value is -1.72. The second kappa shape index (κ2) is 6.83. The van der Waals surface area contributed by atoms with E-state index in [9.17, 15) is 4.79 Å². The van der Waals surface area contributed by atoms with E-state index in [1.165, 1.54) is 0 Å². The van der Waals surface area contributed by atoms with Crippen LogP contribution in [0, 0.1) is 6.92 Å². The molecular weight excluding hydrogens is 284 g/mol. The highest BCUT2D eigenvalue weighted by atomic mass is 32.1. The van der Waals surface area contributed by atoms with Gasteiger partial charge in [-0.15, -0.1) is 11.3 Å². The largest absolute Gasteiger partial charge is 0.497 e. The van der Waals surface area contributed by atoms with Crippen molar-refractivity contribution in [2.24, 2.45) is 0 Å². The van der Waals surface area contributed by atoms with Gasteiger partial charge < -0.3 is 4.74 Å². The minimum absolute atomic E-state index is 0.104. The summed E-state index contributed by atoms with van der Waals surface area (Å²) in [4.78, 5) is 18.9. The molecule has 0 bridgehead atoms. The second-order valence-electron chi connectivity index (χ2n) is 5.04. The van der Waals surface area contributed by atoms with Crippen LogP contribution in [0.3, 0.4) is 0 Å². The van der Waals surface area contributed by atoms with Gasteiger partial charge in [-0.3, -0.25) is 9.69 Å². The van der Waals surface area contributed by atoms with Gasteiger partial charge in [-0.05, 0) is 45.2 Å². The summed E-state index contributed by atoms with van der Waals surface area (Å²) in [6, 6.07) is 7.03. The third-order valence-electron chi connectivity index (χ3n) is 3.49. The summed E-state index contributed by atoms with van der Waals surface area (Å²) < 4.78 is 5.11. The average molecular weight is 304 g/mol. The minimum atomic E-state index is -0.194. The molecule has 0 saturated carbocycles. The highest BCUT2D eigenvalue weighted by Crippen LogP contribution is 2.16. The van der Waals surface area contributed by atoms with Gasteiger partial charge in [0.05, 0.1) is 23.9 Å². The van der Waals surface area contributed by atoms with Crippen LogP contribution in [-0.4, -0.2) is 35.9 Å². The SMILES string of the molecule is COc1ccc(C(=O)C(C)N(C)Cc2csc(C)n2)cc1. The Balaban J connectivity index is 2.03. The normalized spacial score (nSPS) is 12.4. The molecule has 2 rings (SSSR count). The number of aromatic nitrogens is 1. The van der Waals surface area contributed by atoms with E-state index in [1.807, 2.05) is 43.3 Å². The molecule has 2 aromatic rings. The first-order valence-electron chi connectivity index (χ1n) is 6.80. The number of hydrogen-bond donors (Lipinski definition) is 0. The molecule has 112 valence electrons. The number of nitrogens with zero attached hydrogens (tertiary/aromatic N) is 2. The molecule has 1 aromatic heterocycles. The molecule has 21 heavy (non-hydrogen) atoms. The molecule has 0 radical (unpaired) electrons. The van der Waals surface area contributed by atoms with Crippen LogP contribution in [0.4, 0.5) is 0 Å². The number of thiazole rings is 1. The van der Waals surface area contributed by atoms with Crippen LogP contribution >= 0.6 is 11.3 Å². The average Bonchev–Trinajstić information content (AvgIpc) is 2.90. The Kier molecular flexibility index (Phi) is 5.09. The molecule has 5 heteroatoms. The van der Waals surface area contributed by atoms with Gasteiger partial charge in [0.15, 0.2) is 5.78 Å². The van der Waals surface area contributed by atoms with E-state index < -0.39 is 0 Å². The Morgan fingerprint density at radius 1 is 1.38 bits per heavy atom. The van der Waals surface area contributed by atoms with Gasteiger partial charge in [-0.1, -0.05) is 0 Å². The number of methoxy groups -OCH3 is 1. The number of rotatable bonds is 6. The van der Waals surface area contributed by atoms with Crippen molar-refractivity contribution in [1.29, 1.82) is 0 Å². The molecule has 1 unspecified atom stereocenters. The molecular formula is C16H20N2O2S. The first kappa shape index (κ1) is 15.7. The Labute approximate surface area is 129 Å². The van der Waals surface area contributed by atoms with Crippen LogP contribution in [0.2, 0.25) is 0 Å². The predicted octanol–water partition coefficient (Wildman–Crippen LogP) is 3.16. The van der Waals surface area contributed by atoms with E-state index in [0.717, 1.165) is 16.5 Å². The Morgan fingerprint density at radius 3 is 2.57 bits per heavy atom. The van der Waals surface area contributed by atoms with Crippen molar-refractivity contribution in [3.63, 3.8) is 0 Å². The molecule has 0 spiro atoms. The lowest BCUT2D eigenvalue weighted by atomic mass is 10.0. The zero-order valence-electron chi connectivity index (χ0n) is 12.8. The number of Topliss-reactive ketones (excluding diaryl/α,β-unsaturated/α-hetero) is 1. The quantitative estimate of drug-likeness (QED) is 0.769. The lowest BCUT2D eigenvalue weighted by Gasteiger charge is -2.22. The predicted molar refractivity (Wildman–Crippen MR) is 85.1 cm³/mol. The summed E-state index contributed by atoms with van der Waals surface area (Å²) >= 11 is 1.63. The van der Waals surface area contributed by atoms with E-state index in [-0.39, 0.29) is 11.8 Å². The zero-order valence-corrected chi connectivity index (χ0v) is 13.6. The molecule has 0 aliphatic rings. The number of benzene rings is 1. The van der Waals surface area contributed by atoms with Crippen LogP contribution in [0.1, 0.15) is 28.0 Å². The highest BCUT2D eigenvalue weighted by Gasteiger charge is 2.20. The van der Waals surface area contributed by atoms with Gasteiger partial charge in [0, 0.05) is 17.5 Å². The Bertz CT molecular complexity index is 607. The lowest BCUT2D eigenvalue weighted by Crippen LogP contribution is -2.35. The molecule has 0 amide bonds. The second-order valence-corrected chi connectivity index (χ2v) is 6.10. The van der Waals surface area contributed by atoms with Crippen molar-refractivity contribution in [2.75, 3.05) is 14.2 Å². The topological polar surface area (TPSA) is 42.4 Å². The fourth-order valence-corrected chi connectivity index (χ4v) is 2.67. The van der Waals surface area contributed by atoms with Crippen molar-refractivity contribution >= 4 is 17.1 Å². The molecule has 0 aliphatic heterocycles. The van der Waals surface area contributed by atoms with Crippen molar-refractivity contribution in [2.45, 2.75) is 26.4 Å². The van der Waals surface area contributed by atoms with Crippen LogP contribution in [0.15, 0.2) is 29.6 Å². The zero-order chi connectivity index (χ0) is 15.4. The van der Waals surface area contributed by atoms with E-state index in [4.69, 9.17) is 4.74 Å². The maximum atomic E-state index is 12.5. The van der Waals surface area contributed by atoms with Gasteiger partial charge in [0.2, 0.25) is 0 Å². The standard InChI is InChI=1S/C16H20N2O2S/c1-11(18(3)9-14-10-21-12(2)17-14)16(19)13-5-7-15(20-4)8-6-13/h5-8,10-11H,9H2,1-4H3. The summed E-state index contributed by atoms with van der Waals surface area (Å²) in [5, 5.41) is 3.09. The van der Waals surface area contributed by atoms with Crippen molar-refractivity contribution in [1.82, 2.24) is 9.88 Å². The van der Waals surface area contributed by atoms with Gasteiger partial charge in [-0.2, -0.15) is 0 Å². The van der Waals surface area contributed by atoms with E-state index in [2.05, 4.69) is 4.98 Å². The monoisotopic (exact) mass is 304 g/mol. The maximum absolute atomic E-state index is 12.5. The number of likely N-dealkylation sites (N-methyl/N-ethyl adjacent to an activating group) is 1. The van der Waals surface area contributed by atoms with Gasteiger partial charge in [0.1, 0.15) is 5.75 Å². The van der Waals surface area contributed by atoms with Crippen LogP contribution in [0.25, 0.3) is 0 Å². The molecule has 1 heterocycles. The highest BCUT2D eigenvalue weighted by molar-refractivity contribution is 7.09. The van der Waals surface area contributed by atoms with E-state index in [1.54, 1.807) is 30.6 Å². The fraction of sp³-hybridized carbons (Fsp3) is 0.375. The van der Waals surface area contributed by atoms with Gasteiger partial charge >= 0.3 is 0 Å². The van der Waals surface area contributed by atoms with Crippen LogP contribution < -0.4 is 4.74 Å². The summed E-state index contributed by atoms with van der Waals surface area (Å²) in [5.74, 6) is 0.859. The first-order chi connectivity index (χ1) is 10.0. The smallest absolute Gasteiger partial charge is 0.179 e. The minimum Gasteiger partial charge on any atom is -0.497 e. The van der Waals surface area contributed by atoms with Crippen molar-refractivity contribution in [3.05, 3.63) is 45.9 Å². The molecule has 0 N–H and O–H groups in total. The summed E-state index contributed by atoms with van der Waals surface area (Å²) in [6.45, 7) is 4.58. The van der Waals surface area contributed by atoms with Crippen LogP contribution in [0.5, 0.6) is 5.75 Å².